The maximum atomic E-state index is 14.6. The Kier molecular flexibility index (Phi) is 35.5. The number of carbonyl (C=O) groups is 19. The van der Waals surface area contributed by atoms with Gasteiger partial charge in [0.15, 0.2) is 0 Å². The van der Waals surface area contributed by atoms with E-state index in [0.717, 1.165) is 6.92 Å². The Balaban J connectivity index is 1.55. The summed E-state index contributed by atoms with van der Waals surface area (Å²) in [7, 11) is 0. The highest BCUT2D eigenvalue weighted by molar-refractivity contribution is 6.02. The van der Waals surface area contributed by atoms with E-state index in [-0.39, 0.29) is 48.8 Å². The lowest BCUT2D eigenvalue weighted by Gasteiger charge is -2.27. The third-order valence-corrected chi connectivity index (χ3v) is 16.4. The molecule has 12 atom stereocenters. The average Bonchev–Trinajstić information content (AvgIpc) is 1.72. The van der Waals surface area contributed by atoms with Crippen LogP contribution in [0.4, 0.5) is 0 Å². The molecule has 4 aromatic rings. The van der Waals surface area contributed by atoms with Crippen LogP contribution >= 0.6 is 0 Å². The molecule has 3 aromatic carbocycles. The first-order valence-electron chi connectivity index (χ1n) is 34.4. The van der Waals surface area contributed by atoms with Gasteiger partial charge in [0.1, 0.15) is 72.2 Å². The van der Waals surface area contributed by atoms with Gasteiger partial charge in [-0.25, -0.2) is 0 Å². The third-order valence-electron chi connectivity index (χ3n) is 16.4. The Morgan fingerprint density at radius 1 is 0.360 bits per heavy atom. The minimum atomic E-state index is -2.39. The van der Waals surface area contributed by atoms with E-state index in [4.69, 9.17) is 11.5 Å². The van der Waals surface area contributed by atoms with Crippen LogP contribution in [0.1, 0.15) is 103 Å². The van der Waals surface area contributed by atoms with Gasteiger partial charge in [0.2, 0.25) is 76.8 Å². The zero-order valence-electron chi connectivity index (χ0n) is 60.7. The lowest BCUT2D eigenvalue weighted by molar-refractivity contribution is -0.145. The number of rotatable bonds is 47. The Morgan fingerprint density at radius 3 is 1.13 bits per heavy atom. The monoisotopic (exact) mass is 1560 g/mol. The fourth-order valence-electron chi connectivity index (χ4n) is 10.9. The summed E-state index contributed by atoms with van der Waals surface area (Å²) in [5.74, 6) is -27.8. The van der Waals surface area contributed by atoms with E-state index in [1.165, 1.54) is 24.3 Å². The second-order valence-electron chi connectivity index (χ2n) is 26.6. The van der Waals surface area contributed by atoms with Crippen LogP contribution in [-0.2, 0) is 110 Å². The number of primary amides is 1. The Morgan fingerprint density at radius 2 is 0.703 bits per heavy atom. The van der Waals surface area contributed by atoms with Crippen LogP contribution in [-0.4, -0.2) is 232 Å². The van der Waals surface area contributed by atoms with Gasteiger partial charge in [0.25, 0.3) is 0 Å². The molecule has 41 heteroatoms. The molecule has 602 valence electrons. The van der Waals surface area contributed by atoms with E-state index in [9.17, 15) is 127 Å². The predicted octanol–water partition coefficient (Wildman–Crippen LogP) is -4.88. The Labute approximate surface area is 632 Å². The number of aromatic hydroxyl groups is 1. The van der Waals surface area contributed by atoms with Crippen LogP contribution in [0.5, 0.6) is 5.75 Å². The van der Waals surface area contributed by atoms with Crippen LogP contribution in [0.25, 0.3) is 10.9 Å². The molecular weight excluding hydrogens is 1470 g/mol. The maximum Gasteiger partial charge on any atom is 0.305 e. The van der Waals surface area contributed by atoms with Gasteiger partial charge in [0, 0.05) is 36.4 Å². The van der Waals surface area contributed by atoms with E-state index in [0.29, 0.717) is 22.0 Å². The van der Waals surface area contributed by atoms with Crippen molar-refractivity contribution in [2.75, 3.05) is 6.54 Å². The summed E-state index contributed by atoms with van der Waals surface area (Å²) in [5, 5.41) is 95.1. The van der Waals surface area contributed by atoms with Crippen molar-refractivity contribution < 1.29 is 127 Å². The number of para-hydroxylation sites is 1. The van der Waals surface area contributed by atoms with Crippen molar-refractivity contribution in [1.82, 2.24) is 68.8 Å². The first-order chi connectivity index (χ1) is 52.1. The number of nitrogens with one attached hydrogen (secondary N) is 13. The highest BCUT2D eigenvalue weighted by Crippen LogP contribution is 2.21. The summed E-state index contributed by atoms with van der Waals surface area (Å²) >= 11 is 0. The van der Waals surface area contributed by atoms with Crippen LogP contribution < -0.4 is 75.3 Å². The number of benzene rings is 3. The van der Waals surface area contributed by atoms with Crippen LogP contribution in [0.2, 0.25) is 0 Å². The molecule has 24 N–H and O–H groups in total. The number of fused-ring (bicyclic) bond motifs is 1. The van der Waals surface area contributed by atoms with Crippen molar-refractivity contribution in [2.24, 2.45) is 23.3 Å². The summed E-state index contributed by atoms with van der Waals surface area (Å²) < 4.78 is 0. The number of aromatic nitrogens is 1. The van der Waals surface area contributed by atoms with Crippen molar-refractivity contribution in [1.29, 1.82) is 0 Å². The lowest BCUT2D eigenvalue weighted by Crippen LogP contribution is -2.61. The summed E-state index contributed by atoms with van der Waals surface area (Å²) in [6.07, 6.45) is -6.96. The number of carboxylic acid groups (broad SMARTS) is 6. The van der Waals surface area contributed by atoms with E-state index >= 15 is 0 Å². The number of H-pyrrole nitrogens is 1. The molecule has 4 rings (SSSR count). The number of aromatic amines is 1. The number of nitrogens with two attached hydrogens (primary N) is 2. The first-order valence-corrected chi connectivity index (χ1v) is 34.4. The zero-order chi connectivity index (χ0) is 83.1. The number of hydrogen-bond donors (Lipinski definition) is 22. The topological polar surface area (TPSA) is 678 Å². The molecule has 0 aliphatic carbocycles. The molecule has 0 saturated carbocycles. The number of aliphatic carboxylic acids is 6. The Bertz CT molecular complexity index is 4080. The molecule has 0 aliphatic heterocycles. The standard InChI is InChI=1S/C70H91N15O26/c1-32(2)19-40(71)61(102)79-47(25-54(90)91)67(108)83-50(28-57(96)97)69(110)85-51(29-58(98)99)70(111)84-49(27-56(94)95)68(109)81-46(24-53(88)89)63(104)75-34(5)60(101)78-44(22-36-15-17-38(86)18-16-36)62(103)74-31-52(87)76-45(23-37-30-73-41-14-10-9-13-39(37)41)65(106)80-43(20-33(3)4)64(105)82-48(26-55(92)93)66(107)77-42(59(72)100)21-35-11-7-6-8-12-35/h6-18,30,32-34,40,42-51,73,86H,19-29,31,71H2,1-5H3,(H2,72,100)(H,74,103)(H,75,104)(H,76,87)(H,77,107)(H,78,101)(H,79,102)(H,80,106)(H,81,109)(H,82,105)(H,83,108)(H,84,111)(H,85,110)(H,88,89)(H,90,91)(H,92,93)(H,94,95)(H,96,97)(H,98,99)/t34-,40-,42-,43-,44-,45-,46-,47-,48-,49-,50-,51-/m0/s1. The van der Waals surface area contributed by atoms with E-state index < -0.39 is 237 Å². The molecule has 0 aliphatic rings. The summed E-state index contributed by atoms with van der Waals surface area (Å²) in [6.45, 7) is 6.81. The second kappa shape index (κ2) is 43.6. The van der Waals surface area contributed by atoms with Crippen LogP contribution in [0.15, 0.2) is 85.1 Å². The molecule has 0 radical (unpaired) electrons. The van der Waals surface area contributed by atoms with Gasteiger partial charge in [-0.15, -0.1) is 0 Å². The van der Waals surface area contributed by atoms with Crippen molar-refractivity contribution in [3.63, 3.8) is 0 Å². The summed E-state index contributed by atoms with van der Waals surface area (Å²) in [4.78, 5) is 253. The van der Waals surface area contributed by atoms with Gasteiger partial charge in [-0.3, -0.25) is 91.1 Å². The molecule has 0 fully saturated rings. The quantitative estimate of drug-likeness (QED) is 0.0197. The number of carboxylic acids is 6. The summed E-state index contributed by atoms with van der Waals surface area (Å²) in [5.41, 5.74) is 13.4. The number of phenolic OH excluding ortho intramolecular Hbond substituents is 1. The van der Waals surface area contributed by atoms with E-state index in [1.54, 1.807) is 88.5 Å². The largest absolute Gasteiger partial charge is 0.508 e. The summed E-state index contributed by atoms with van der Waals surface area (Å²) in [6, 6.07) is -2.04. The predicted molar refractivity (Wildman–Crippen MR) is 383 cm³/mol. The minimum Gasteiger partial charge on any atom is -0.508 e. The molecule has 111 heavy (non-hydrogen) atoms. The van der Waals surface area contributed by atoms with Crippen molar-refractivity contribution >= 4 is 124 Å². The molecule has 0 bridgehead atoms. The molecule has 0 saturated heterocycles. The van der Waals surface area contributed by atoms with Gasteiger partial charge in [-0.1, -0.05) is 88.4 Å². The van der Waals surface area contributed by atoms with E-state index in [1.807, 2.05) is 21.3 Å². The normalized spacial score (nSPS) is 14.3. The lowest BCUT2D eigenvalue weighted by atomic mass is 10.00. The molecule has 0 spiro atoms. The number of phenols is 1. The molecular formula is C70H91N15O26. The average molecular weight is 1560 g/mol. The Hall–Kier alpha value is -13.1. The maximum absolute atomic E-state index is 14.6. The number of carbonyl (C=O) groups excluding carboxylic acids is 13. The van der Waals surface area contributed by atoms with Crippen LogP contribution in [0.3, 0.4) is 0 Å². The highest BCUT2D eigenvalue weighted by Gasteiger charge is 2.39. The van der Waals surface area contributed by atoms with Gasteiger partial charge >= 0.3 is 35.8 Å². The third kappa shape index (κ3) is 31.7. The molecule has 0 unspecified atom stereocenters. The fourth-order valence-corrected chi connectivity index (χ4v) is 10.9. The highest BCUT2D eigenvalue weighted by atomic mass is 16.4. The van der Waals surface area contributed by atoms with Crippen LogP contribution in [0, 0.1) is 11.8 Å². The van der Waals surface area contributed by atoms with Crippen molar-refractivity contribution in [3.05, 3.63) is 102 Å². The zero-order valence-corrected chi connectivity index (χ0v) is 60.7. The van der Waals surface area contributed by atoms with Crippen molar-refractivity contribution in [3.8, 4) is 5.75 Å². The molecule has 41 nitrogen and oxygen atoms in total. The van der Waals surface area contributed by atoms with Gasteiger partial charge in [-0.2, -0.15) is 0 Å². The van der Waals surface area contributed by atoms with Gasteiger partial charge in [-0.05, 0) is 66.5 Å². The molecule has 13 amide bonds. The molecule has 1 heterocycles. The number of amides is 13. The number of hydrogen-bond acceptors (Lipinski definition) is 21. The van der Waals surface area contributed by atoms with Crippen molar-refractivity contribution in [2.45, 2.75) is 178 Å². The second-order valence-corrected chi connectivity index (χ2v) is 26.6. The molecule has 1 aromatic heterocycles. The smallest absolute Gasteiger partial charge is 0.305 e. The minimum absolute atomic E-state index is 0.0594. The van der Waals surface area contributed by atoms with E-state index in [2.05, 4.69) is 47.5 Å². The van der Waals surface area contributed by atoms with Gasteiger partial charge < -0.3 is 116 Å². The SMILES string of the molecule is CC(C)C[C@H](NC(=O)[C@H](Cc1c[nH]c2ccccc12)NC(=O)CNC(=O)[C@H](Cc1ccc(O)cc1)NC(=O)[C@H](C)NC(=O)[C@H](CC(=O)O)NC(=O)[C@H](CC(=O)O)NC(=O)[C@H](CC(=O)O)NC(=O)[C@H](CC(=O)O)NC(=O)[C@H](CC(=O)O)NC(=O)[C@@H](N)CC(C)C)C(=O)N[C@@H](CC(=O)O)C(=O)N[C@@H](Cc1ccccc1)C(N)=O. The fraction of sp³-hybridized carbons (Fsp3) is 0.443. The first kappa shape index (κ1) is 90.3. The van der Waals surface area contributed by atoms with Gasteiger partial charge in [0.05, 0.1) is 51.1 Å².